The number of aromatic amines is 1. The average Bonchev–Trinajstić information content (AvgIpc) is 3.61. The normalized spacial score (nSPS) is 14.1. The molecule has 0 atom stereocenters. The molecule has 2 heterocycles. The van der Waals surface area contributed by atoms with Crippen LogP contribution in [0.15, 0.2) is 48.8 Å². The minimum absolute atomic E-state index is 0.154. The van der Waals surface area contributed by atoms with Gasteiger partial charge in [0.25, 0.3) is 0 Å². The van der Waals surface area contributed by atoms with Gasteiger partial charge < -0.3 is 28.5 Å². The van der Waals surface area contributed by atoms with Crippen LogP contribution in [-0.4, -0.2) is 46.4 Å². The van der Waals surface area contributed by atoms with E-state index in [1.807, 2.05) is 47.0 Å². The number of hydrogen-bond donors (Lipinski definition) is 2. The Labute approximate surface area is 222 Å². The number of fused-ring (bicyclic) bond motifs is 1. The van der Waals surface area contributed by atoms with E-state index in [9.17, 15) is 0 Å². The summed E-state index contributed by atoms with van der Waals surface area (Å²) in [5, 5.41) is 8.37. The Hall–Kier alpha value is -4.01. The van der Waals surface area contributed by atoms with Crippen molar-refractivity contribution in [2.45, 2.75) is 57.6 Å². The minimum atomic E-state index is -0.439. The molecular formula is C29H35N5O4. The highest BCUT2D eigenvalue weighted by Crippen LogP contribution is 2.33. The van der Waals surface area contributed by atoms with Gasteiger partial charge in [-0.3, -0.25) is 5.41 Å². The first-order chi connectivity index (χ1) is 18.4. The van der Waals surface area contributed by atoms with E-state index in [0.717, 1.165) is 47.2 Å². The molecule has 1 fully saturated rings. The molecule has 1 aliphatic carbocycles. The lowest BCUT2D eigenvalue weighted by Gasteiger charge is -2.22. The van der Waals surface area contributed by atoms with E-state index < -0.39 is 5.41 Å². The predicted molar refractivity (Wildman–Crippen MR) is 144 cm³/mol. The van der Waals surface area contributed by atoms with Crippen molar-refractivity contribution in [1.82, 2.24) is 19.5 Å². The molecule has 0 saturated heterocycles. The van der Waals surface area contributed by atoms with Gasteiger partial charge in [-0.2, -0.15) is 0 Å². The van der Waals surface area contributed by atoms with E-state index in [1.165, 1.54) is 12.8 Å². The van der Waals surface area contributed by atoms with Gasteiger partial charge in [0.1, 0.15) is 29.4 Å². The lowest BCUT2D eigenvalue weighted by atomic mass is 9.94. The maximum absolute atomic E-state index is 8.37. The first-order valence-electron chi connectivity index (χ1n) is 13.0. The van der Waals surface area contributed by atoms with Crippen LogP contribution in [0.2, 0.25) is 0 Å². The fourth-order valence-corrected chi connectivity index (χ4v) is 4.72. The first kappa shape index (κ1) is 25.6. The molecule has 9 nitrogen and oxygen atoms in total. The number of aromatic nitrogens is 4. The van der Waals surface area contributed by atoms with Crippen LogP contribution in [-0.2, 0) is 12.0 Å². The molecule has 38 heavy (non-hydrogen) atoms. The summed E-state index contributed by atoms with van der Waals surface area (Å²) in [7, 11) is 3.30. The van der Waals surface area contributed by atoms with Crippen LogP contribution < -0.4 is 24.4 Å². The van der Waals surface area contributed by atoms with E-state index in [0.29, 0.717) is 24.3 Å². The number of methoxy groups -OCH3 is 2. The van der Waals surface area contributed by atoms with Crippen molar-refractivity contribution in [3.05, 3.63) is 65.7 Å². The molecule has 1 aliphatic rings. The van der Waals surface area contributed by atoms with E-state index in [2.05, 4.69) is 23.8 Å². The molecule has 0 spiro atoms. The summed E-state index contributed by atoms with van der Waals surface area (Å²) in [6.07, 6.45) is 6.46. The SMILES string of the molecule is COc1ccc(OCC(C)(C)c2nc3c([nH]2)c(=N)ncn3Cc2ccc(OC)c(OC3CCCC3)c2)cc1. The summed E-state index contributed by atoms with van der Waals surface area (Å²) in [5.74, 6) is 3.76. The van der Waals surface area contributed by atoms with Crippen LogP contribution in [0, 0.1) is 5.41 Å². The van der Waals surface area contributed by atoms with Crippen LogP contribution in [0.5, 0.6) is 23.0 Å². The van der Waals surface area contributed by atoms with Gasteiger partial charge in [-0.1, -0.05) is 6.07 Å². The lowest BCUT2D eigenvalue weighted by molar-refractivity contribution is 0.200. The van der Waals surface area contributed by atoms with Crippen molar-refractivity contribution >= 4 is 11.2 Å². The lowest BCUT2D eigenvalue weighted by Crippen LogP contribution is -2.27. The standard InChI is InChI=1S/C29H35N5O4/c1-29(2,17-37-21-12-10-20(35-3)11-13-21)28-32-25-26(30)31-18-34(27(25)33-28)16-19-9-14-23(36-4)24(15-19)38-22-7-5-6-8-22/h9-15,18,22,30H,5-8,16-17H2,1-4H3,(H,32,33). The zero-order valence-corrected chi connectivity index (χ0v) is 22.4. The van der Waals surface area contributed by atoms with Gasteiger partial charge in [0.05, 0.1) is 38.6 Å². The second-order valence-electron chi connectivity index (χ2n) is 10.4. The molecule has 0 aliphatic heterocycles. The molecule has 200 valence electrons. The van der Waals surface area contributed by atoms with Crippen LogP contribution in [0.3, 0.4) is 0 Å². The highest BCUT2D eigenvalue weighted by Gasteiger charge is 2.27. The Morgan fingerprint density at radius 2 is 1.74 bits per heavy atom. The summed E-state index contributed by atoms with van der Waals surface area (Å²) in [5.41, 5.74) is 2.02. The number of nitrogens with one attached hydrogen (secondary N) is 2. The summed E-state index contributed by atoms with van der Waals surface area (Å²) < 4.78 is 25.1. The Kier molecular flexibility index (Phi) is 7.26. The van der Waals surface area contributed by atoms with E-state index in [4.69, 9.17) is 29.3 Å². The van der Waals surface area contributed by atoms with Crippen LogP contribution in [0.4, 0.5) is 0 Å². The average molecular weight is 518 g/mol. The molecule has 2 N–H and O–H groups in total. The van der Waals surface area contributed by atoms with Crippen molar-refractivity contribution in [2.24, 2.45) is 0 Å². The number of H-pyrrole nitrogens is 1. The van der Waals surface area contributed by atoms with Gasteiger partial charge in [-0.05, 0) is 81.5 Å². The Bertz CT molecular complexity index is 1450. The molecule has 4 aromatic rings. The Morgan fingerprint density at radius 1 is 1.00 bits per heavy atom. The maximum atomic E-state index is 8.37. The molecule has 2 aromatic carbocycles. The molecule has 5 rings (SSSR count). The van der Waals surface area contributed by atoms with Gasteiger partial charge >= 0.3 is 0 Å². The molecule has 9 heteroatoms. The zero-order valence-electron chi connectivity index (χ0n) is 22.4. The van der Waals surface area contributed by atoms with E-state index >= 15 is 0 Å². The van der Waals surface area contributed by atoms with Crippen molar-refractivity contribution in [3.63, 3.8) is 0 Å². The smallest absolute Gasteiger partial charge is 0.173 e. The topological polar surface area (TPSA) is 107 Å². The van der Waals surface area contributed by atoms with Crippen LogP contribution in [0.1, 0.15) is 50.9 Å². The van der Waals surface area contributed by atoms with Crippen molar-refractivity contribution in [1.29, 1.82) is 5.41 Å². The monoisotopic (exact) mass is 517 g/mol. The van der Waals surface area contributed by atoms with Crippen molar-refractivity contribution in [3.8, 4) is 23.0 Å². The molecule has 0 bridgehead atoms. The maximum Gasteiger partial charge on any atom is 0.173 e. The summed E-state index contributed by atoms with van der Waals surface area (Å²) in [6, 6.07) is 13.5. The predicted octanol–water partition coefficient (Wildman–Crippen LogP) is 4.98. The summed E-state index contributed by atoms with van der Waals surface area (Å²) >= 11 is 0. The second kappa shape index (κ2) is 10.8. The second-order valence-corrected chi connectivity index (χ2v) is 10.4. The van der Waals surface area contributed by atoms with E-state index in [-0.39, 0.29) is 11.6 Å². The molecule has 0 amide bonds. The molecular weight excluding hydrogens is 482 g/mol. The molecule has 1 saturated carbocycles. The molecule has 0 unspecified atom stereocenters. The Morgan fingerprint density at radius 3 is 2.45 bits per heavy atom. The molecule has 2 aromatic heterocycles. The number of ether oxygens (including phenoxy) is 4. The third kappa shape index (κ3) is 5.46. The number of imidazole rings is 1. The third-order valence-electron chi connectivity index (χ3n) is 7.00. The number of nitrogens with zero attached hydrogens (tertiary/aromatic N) is 3. The fraction of sp³-hybridized carbons (Fsp3) is 0.414. The van der Waals surface area contributed by atoms with Gasteiger partial charge in [0.15, 0.2) is 22.6 Å². The Balaban J connectivity index is 1.38. The van der Waals surface area contributed by atoms with Crippen molar-refractivity contribution in [2.75, 3.05) is 20.8 Å². The van der Waals surface area contributed by atoms with E-state index in [1.54, 1.807) is 20.5 Å². The molecule has 0 radical (unpaired) electrons. The summed E-state index contributed by atoms with van der Waals surface area (Å²) in [6.45, 7) is 5.06. The van der Waals surface area contributed by atoms with Crippen LogP contribution in [0.25, 0.3) is 11.2 Å². The van der Waals surface area contributed by atoms with Gasteiger partial charge in [-0.25, -0.2) is 9.97 Å². The summed E-state index contributed by atoms with van der Waals surface area (Å²) in [4.78, 5) is 12.6. The largest absolute Gasteiger partial charge is 0.497 e. The minimum Gasteiger partial charge on any atom is -0.497 e. The number of hydrogen-bond acceptors (Lipinski definition) is 7. The highest BCUT2D eigenvalue weighted by molar-refractivity contribution is 5.69. The van der Waals surface area contributed by atoms with Gasteiger partial charge in [0, 0.05) is 0 Å². The highest BCUT2D eigenvalue weighted by atomic mass is 16.5. The van der Waals surface area contributed by atoms with Gasteiger partial charge in [-0.15, -0.1) is 0 Å². The quantitative estimate of drug-likeness (QED) is 0.307. The fourth-order valence-electron chi connectivity index (χ4n) is 4.72. The first-order valence-corrected chi connectivity index (χ1v) is 13.0. The zero-order chi connectivity index (χ0) is 26.7. The van der Waals surface area contributed by atoms with Crippen molar-refractivity contribution < 1.29 is 18.9 Å². The van der Waals surface area contributed by atoms with Crippen LogP contribution >= 0.6 is 0 Å². The van der Waals surface area contributed by atoms with Gasteiger partial charge in [0.2, 0.25) is 0 Å². The number of benzene rings is 2. The third-order valence-corrected chi connectivity index (χ3v) is 7.00. The number of rotatable bonds is 10.